The number of rotatable bonds is 5. The van der Waals surface area contributed by atoms with Crippen molar-refractivity contribution in [3.63, 3.8) is 0 Å². The van der Waals surface area contributed by atoms with Crippen molar-refractivity contribution < 1.29 is 9.53 Å². The summed E-state index contributed by atoms with van der Waals surface area (Å²) < 4.78 is 5.96. The molecule has 0 radical (unpaired) electrons. The maximum Gasteiger partial charge on any atom is 0.252 e. The standard InChI is InChI=1S/C20H17BrN2O2/c1-25-16-10-8-14(9-11-16)19-15(5-4-12-22-19)13-23-20(24)17-6-2-3-7-18(17)21/h2-12H,13H2,1H3,(H,23,24). The number of ether oxygens (including phenoxy) is 1. The van der Waals surface area contributed by atoms with E-state index in [1.807, 2.05) is 54.6 Å². The molecule has 3 aromatic rings. The highest BCUT2D eigenvalue weighted by Crippen LogP contribution is 2.24. The second kappa shape index (κ2) is 7.94. The second-order valence-corrected chi connectivity index (χ2v) is 6.26. The number of methoxy groups -OCH3 is 1. The summed E-state index contributed by atoms with van der Waals surface area (Å²) in [5, 5.41) is 2.96. The highest BCUT2D eigenvalue weighted by atomic mass is 79.9. The number of carbonyl (C=O) groups excluding carboxylic acids is 1. The van der Waals surface area contributed by atoms with Crippen molar-refractivity contribution in [3.8, 4) is 17.0 Å². The number of amides is 1. The van der Waals surface area contributed by atoms with Crippen LogP contribution >= 0.6 is 15.9 Å². The van der Waals surface area contributed by atoms with Crippen molar-refractivity contribution in [2.75, 3.05) is 7.11 Å². The largest absolute Gasteiger partial charge is 0.497 e. The molecule has 1 aromatic heterocycles. The molecule has 0 aliphatic carbocycles. The summed E-state index contributed by atoms with van der Waals surface area (Å²) in [6.45, 7) is 0.398. The van der Waals surface area contributed by atoms with Crippen molar-refractivity contribution in [2.24, 2.45) is 0 Å². The molecule has 0 saturated carbocycles. The van der Waals surface area contributed by atoms with Crippen LogP contribution in [-0.4, -0.2) is 18.0 Å². The Morgan fingerprint density at radius 1 is 1.08 bits per heavy atom. The maximum atomic E-state index is 12.4. The number of benzene rings is 2. The van der Waals surface area contributed by atoms with Gasteiger partial charge in [0.05, 0.1) is 18.4 Å². The number of carbonyl (C=O) groups is 1. The Bertz CT molecular complexity index is 879. The third kappa shape index (κ3) is 4.06. The number of hydrogen-bond acceptors (Lipinski definition) is 3. The molecule has 25 heavy (non-hydrogen) atoms. The first-order valence-corrected chi connectivity index (χ1v) is 8.59. The predicted octanol–water partition coefficient (Wildman–Crippen LogP) is 4.45. The van der Waals surface area contributed by atoms with E-state index in [4.69, 9.17) is 4.74 Å². The van der Waals surface area contributed by atoms with Gasteiger partial charge < -0.3 is 10.1 Å². The first-order valence-electron chi connectivity index (χ1n) is 7.80. The van der Waals surface area contributed by atoms with Crippen LogP contribution in [-0.2, 0) is 6.54 Å². The fourth-order valence-corrected chi connectivity index (χ4v) is 2.97. The summed E-state index contributed by atoms with van der Waals surface area (Å²) in [5.41, 5.74) is 3.38. The molecule has 0 unspecified atom stereocenters. The van der Waals surface area contributed by atoms with E-state index in [9.17, 15) is 4.79 Å². The van der Waals surface area contributed by atoms with Crippen molar-refractivity contribution in [1.82, 2.24) is 10.3 Å². The van der Waals surface area contributed by atoms with E-state index in [1.54, 1.807) is 19.4 Å². The molecule has 126 valence electrons. The lowest BCUT2D eigenvalue weighted by Gasteiger charge is -2.11. The van der Waals surface area contributed by atoms with Gasteiger partial charge in [-0.3, -0.25) is 9.78 Å². The number of halogens is 1. The summed E-state index contributed by atoms with van der Waals surface area (Å²) in [5.74, 6) is 0.667. The minimum absolute atomic E-state index is 0.128. The van der Waals surface area contributed by atoms with Crippen LogP contribution in [0.15, 0.2) is 71.3 Å². The van der Waals surface area contributed by atoms with Crippen LogP contribution in [0.2, 0.25) is 0 Å². The zero-order valence-corrected chi connectivity index (χ0v) is 15.3. The van der Waals surface area contributed by atoms with Gasteiger partial charge in [0, 0.05) is 22.8 Å². The molecule has 1 amide bonds. The fourth-order valence-electron chi connectivity index (χ4n) is 2.51. The van der Waals surface area contributed by atoms with Crippen LogP contribution in [0.5, 0.6) is 5.75 Å². The lowest BCUT2D eigenvalue weighted by Crippen LogP contribution is -2.23. The third-order valence-electron chi connectivity index (χ3n) is 3.81. The Hall–Kier alpha value is -2.66. The van der Waals surface area contributed by atoms with Gasteiger partial charge in [-0.1, -0.05) is 18.2 Å². The van der Waals surface area contributed by atoms with Gasteiger partial charge in [0.1, 0.15) is 5.75 Å². The van der Waals surface area contributed by atoms with E-state index in [0.29, 0.717) is 12.1 Å². The number of nitrogens with one attached hydrogen (secondary N) is 1. The van der Waals surface area contributed by atoms with Crippen molar-refractivity contribution in [3.05, 3.63) is 82.5 Å². The van der Waals surface area contributed by atoms with Gasteiger partial charge in [-0.2, -0.15) is 0 Å². The topological polar surface area (TPSA) is 51.2 Å². The van der Waals surface area contributed by atoms with Crippen LogP contribution < -0.4 is 10.1 Å². The lowest BCUT2D eigenvalue weighted by molar-refractivity contribution is 0.0950. The summed E-state index contributed by atoms with van der Waals surface area (Å²) in [4.78, 5) is 16.9. The van der Waals surface area contributed by atoms with Gasteiger partial charge in [0.2, 0.25) is 0 Å². The van der Waals surface area contributed by atoms with Crippen LogP contribution in [0.1, 0.15) is 15.9 Å². The molecule has 0 saturated heterocycles. The number of aromatic nitrogens is 1. The highest BCUT2D eigenvalue weighted by molar-refractivity contribution is 9.10. The monoisotopic (exact) mass is 396 g/mol. The Morgan fingerprint density at radius 2 is 1.84 bits per heavy atom. The molecule has 2 aromatic carbocycles. The molecule has 0 aliphatic heterocycles. The zero-order chi connectivity index (χ0) is 17.6. The van der Waals surface area contributed by atoms with E-state index in [2.05, 4.69) is 26.2 Å². The highest BCUT2D eigenvalue weighted by Gasteiger charge is 2.11. The third-order valence-corrected chi connectivity index (χ3v) is 4.50. The van der Waals surface area contributed by atoms with Gasteiger partial charge in [-0.15, -0.1) is 0 Å². The summed E-state index contributed by atoms with van der Waals surface area (Å²) >= 11 is 3.40. The van der Waals surface area contributed by atoms with Crippen molar-refractivity contribution in [1.29, 1.82) is 0 Å². The SMILES string of the molecule is COc1ccc(-c2ncccc2CNC(=O)c2ccccc2Br)cc1. The van der Waals surface area contributed by atoms with Crippen molar-refractivity contribution in [2.45, 2.75) is 6.54 Å². The number of nitrogens with zero attached hydrogens (tertiary/aromatic N) is 1. The van der Waals surface area contributed by atoms with E-state index < -0.39 is 0 Å². The van der Waals surface area contributed by atoms with Crippen LogP contribution in [0.3, 0.4) is 0 Å². The molecule has 1 N–H and O–H groups in total. The molecular formula is C20H17BrN2O2. The minimum atomic E-state index is -0.128. The summed E-state index contributed by atoms with van der Waals surface area (Å²) in [6.07, 6.45) is 1.75. The second-order valence-electron chi connectivity index (χ2n) is 5.40. The zero-order valence-electron chi connectivity index (χ0n) is 13.7. The fraction of sp³-hybridized carbons (Fsp3) is 0.100. The van der Waals surface area contributed by atoms with Gasteiger partial charge in [0.25, 0.3) is 5.91 Å². The van der Waals surface area contributed by atoms with E-state index in [1.165, 1.54) is 0 Å². The Morgan fingerprint density at radius 3 is 2.56 bits per heavy atom. The number of hydrogen-bond donors (Lipinski definition) is 1. The smallest absolute Gasteiger partial charge is 0.252 e. The van der Waals surface area contributed by atoms with Crippen LogP contribution in [0.25, 0.3) is 11.3 Å². The van der Waals surface area contributed by atoms with Crippen LogP contribution in [0.4, 0.5) is 0 Å². The lowest BCUT2D eigenvalue weighted by atomic mass is 10.1. The average Bonchev–Trinajstić information content (AvgIpc) is 2.67. The van der Waals surface area contributed by atoms with Gasteiger partial charge in [-0.25, -0.2) is 0 Å². The van der Waals surface area contributed by atoms with E-state index in [0.717, 1.165) is 27.0 Å². The first-order chi connectivity index (χ1) is 12.2. The summed E-state index contributed by atoms with van der Waals surface area (Å²) in [6, 6.07) is 18.9. The average molecular weight is 397 g/mol. The Kier molecular flexibility index (Phi) is 5.46. The Labute approximate surface area is 155 Å². The molecule has 3 rings (SSSR count). The number of pyridine rings is 1. The first kappa shape index (κ1) is 17.2. The summed E-state index contributed by atoms with van der Waals surface area (Å²) in [7, 11) is 1.64. The minimum Gasteiger partial charge on any atom is -0.497 e. The van der Waals surface area contributed by atoms with Gasteiger partial charge >= 0.3 is 0 Å². The molecule has 0 aliphatic rings. The van der Waals surface area contributed by atoms with E-state index in [-0.39, 0.29) is 5.91 Å². The molecule has 0 spiro atoms. The molecule has 0 atom stereocenters. The predicted molar refractivity (Wildman–Crippen MR) is 102 cm³/mol. The maximum absolute atomic E-state index is 12.4. The van der Waals surface area contributed by atoms with Gasteiger partial charge in [-0.05, 0) is 64.0 Å². The van der Waals surface area contributed by atoms with Gasteiger partial charge in [0.15, 0.2) is 0 Å². The molecule has 0 bridgehead atoms. The van der Waals surface area contributed by atoms with E-state index >= 15 is 0 Å². The quantitative estimate of drug-likeness (QED) is 0.692. The molecule has 4 nitrogen and oxygen atoms in total. The molecular weight excluding hydrogens is 380 g/mol. The molecule has 0 fully saturated rings. The van der Waals surface area contributed by atoms with Crippen LogP contribution in [0, 0.1) is 0 Å². The Balaban J connectivity index is 1.79. The molecule has 5 heteroatoms. The molecule has 1 heterocycles. The normalized spacial score (nSPS) is 10.3. The van der Waals surface area contributed by atoms with Crippen molar-refractivity contribution >= 4 is 21.8 Å².